The van der Waals surface area contributed by atoms with Gasteiger partial charge in [-0.2, -0.15) is 8.78 Å². The Balaban J connectivity index is 1.50. The smallest absolute Gasteiger partial charge is 0.387 e. The predicted molar refractivity (Wildman–Crippen MR) is 86.1 cm³/mol. The van der Waals surface area contributed by atoms with Gasteiger partial charge in [0.15, 0.2) is 0 Å². The van der Waals surface area contributed by atoms with E-state index in [0.29, 0.717) is 24.3 Å². The standard InChI is InChI=1S/C18H25F2NO3/c1-2-23-16-10-15(18(16)8-3-9-18)21-11-14(22)12-4-6-13(7-5-12)24-17(19)20/h4-7,14-17,21-22H,2-3,8-11H2,1H3. The molecule has 0 aliphatic heterocycles. The Morgan fingerprint density at radius 2 is 2.00 bits per heavy atom. The molecule has 0 saturated heterocycles. The summed E-state index contributed by atoms with van der Waals surface area (Å²) in [5, 5.41) is 13.8. The van der Waals surface area contributed by atoms with Crippen molar-refractivity contribution < 1.29 is 23.4 Å². The lowest BCUT2D eigenvalue weighted by Crippen LogP contribution is -2.67. The van der Waals surface area contributed by atoms with Crippen LogP contribution in [0.5, 0.6) is 5.75 Å². The van der Waals surface area contributed by atoms with Crippen molar-refractivity contribution in [2.75, 3.05) is 13.2 Å². The summed E-state index contributed by atoms with van der Waals surface area (Å²) in [6.07, 6.45) is 4.28. The molecule has 24 heavy (non-hydrogen) atoms. The van der Waals surface area contributed by atoms with E-state index in [4.69, 9.17) is 4.74 Å². The minimum Gasteiger partial charge on any atom is -0.435 e. The molecule has 134 valence electrons. The molecule has 3 atom stereocenters. The SMILES string of the molecule is CCOC1CC(NCC(O)c2ccc(OC(F)F)cc2)C12CCC2. The van der Waals surface area contributed by atoms with Gasteiger partial charge < -0.3 is 19.9 Å². The van der Waals surface area contributed by atoms with Crippen LogP contribution in [0.2, 0.25) is 0 Å². The first-order valence-electron chi connectivity index (χ1n) is 8.63. The highest BCUT2D eigenvalue weighted by atomic mass is 19.3. The molecule has 1 spiro atoms. The van der Waals surface area contributed by atoms with Crippen LogP contribution in [0.25, 0.3) is 0 Å². The van der Waals surface area contributed by atoms with Crippen molar-refractivity contribution in [2.24, 2.45) is 5.41 Å². The molecule has 0 aromatic heterocycles. The molecule has 4 nitrogen and oxygen atoms in total. The number of benzene rings is 1. The number of alkyl halides is 2. The maximum Gasteiger partial charge on any atom is 0.387 e. The Bertz CT molecular complexity index is 534. The predicted octanol–water partition coefficient (Wildman–Crippen LogP) is 3.26. The van der Waals surface area contributed by atoms with Crippen LogP contribution >= 0.6 is 0 Å². The molecular formula is C18H25F2NO3. The second-order valence-corrected chi connectivity index (χ2v) is 6.69. The highest BCUT2D eigenvalue weighted by molar-refractivity contribution is 5.28. The Hall–Kier alpha value is -1.24. The van der Waals surface area contributed by atoms with Crippen LogP contribution < -0.4 is 10.1 Å². The van der Waals surface area contributed by atoms with Gasteiger partial charge >= 0.3 is 6.61 Å². The van der Waals surface area contributed by atoms with E-state index in [9.17, 15) is 13.9 Å². The quantitative estimate of drug-likeness (QED) is 0.762. The summed E-state index contributed by atoms with van der Waals surface area (Å²) >= 11 is 0. The fraction of sp³-hybridized carbons (Fsp3) is 0.667. The summed E-state index contributed by atoms with van der Waals surface area (Å²) in [6, 6.07) is 6.53. The molecule has 3 unspecified atom stereocenters. The van der Waals surface area contributed by atoms with Crippen molar-refractivity contribution in [1.82, 2.24) is 5.32 Å². The van der Waals surface area contributed by atoms with Gasteiger partial charge in [0.05, 0.1) is 12.2 Å². The largest absolute Gasteiger partial charge is 0.435 e. The van der Waals surface area contributed by atoms with Gasteiger partial charge in [-0.1, -0.05) is 18.6 Å². The van der Waals surface area contributed by atoms with Crippen molar-refractivity contribution in [2.45, 2.75) is 57.5 Å². The minimum absolute atomic E-state index is 0.0980. The van der Waals surface area contributed by atoms with E-state index in [-0.39, 0.29) is 11.2 Å². The number of halogens is 2. The fourth-order valence-corrected chi connectivity index (χ4v) is 3.97. The maximum absolute atomic E-state index is 12.1. The molecule has 0 heterocycles. The monoisotopic (exact) mass is 341 g/mol. The Labute approximate surface area is 141 Å². The van der Waals surface area contributed by atoms with E-state index in [1.165, 1.54) is 31.4 Å². The number of aliphatic hydroxyl groups excluding tert-OH is 1. The van der Waals surface area contributed by atoms with E-state index in [1.54, 1.807) is 12.1 Å². The molecular weight excluding hydrogens is 316 g/mol. The fourth-order valence-electron chi connectivity index (χ4n) is 3.97. The van der Waals surface area contributed by atoms with E-state index < -0.39 is 12.7 Å². The Kier molecular flexibility index (Phi) is 5.37. The lowest BCUT2D eigenvalue weighted by molar-refractivity contribution is -0.173. The molecule has 2 saturated carbocycles. The van der Waals surface area contributed by atoms with Gasteiger partial charge in [-0.15, -0.1) is 0 Å². The molecule has 6 heteroatoms. The van der Waals surface area contributed by atoms with E-state index in [0.717, 1.165) is 13.0 Å². The van der Waals surface area contributed by atoms with Crippen LogP contribution in [0.3, 0.4) is 0 Å². The molecule has 3 rings (SSSR count). The molecule has 2 N–H and O–H groups in total. The molecule has 0 amide bonds. The van der Waals surface area contributed by atoms with Crippen LogP contribution in [0.4, 0.5) is 8.78 Å². The molecule has 0 radical (unpaired) electrons. The second-order valence-electron chi connectivity index (χ2n) is 6.69. The number of hydrogen-bond donors (Lipinski definition) is 2. The van der Waals surface area contributed by atoms with Gasteiger partial charge in [-0.25, -0.2) is 0 Å². The van der Waals surface area contributed by atoms with Crippen LogP contribution in [0, 0.1) is 5.41 Å². The first kappa shape index (κ1) is 17.6. The van der Waals surface area contributed by atoms with Crippen molar-refractivity contribution in [3.63, 3.8) is 0 Å². The second kappa shape index (κ2) is 7.33. The Morgan fingerprint density at radius 1 is 1.29 bits per heavy atom. The third kappa shape index (κ3) is 3.41. The summed E-state index contributed by atoms with van der Waals surface area (Å²) in [4.78, 5) is 0. The number of nitrogens with one attached hydrogen (secondary N) is 1. The molecule has 2 aliphatic carbocycles. The lowest BCUT2D eigenvalue weighted by Gasteiger charge is -2.61. The first-order valence-corrected chi connectivity index (χ1v) is 8.63. The zero-order valence-electron chi connectivity index (χ0n) is 13.9. The van der Waals surface area contributed by atoms with Crippen molar-refractivity contribution in [3.8, 4) is 5.75 Å². The van der Waals surface area contributed by atoms with Crippen LogP contribution in [-0.4, -0.2) is 37.0 Å². The summed E-state index contributed by atoms with van der Waals surface area (Å²) in [7, 11) is 0. The van der Waals surface area contributed by atoms with Crippen molar-refractivity contribution in [3.05, 3.63) is 29.8 Å². The molecule has 2 aliphatic rings. The van der Waals surface area contributed by atoms with Crippen LogP contribution in [0.1, 0.15) is 44.3 Å². The normalized spacial score (nSPS) is 26.0. The maximum atomic E-state index is 12.1. The van der Waals surface area contributed by atoms with Crippen LogP contribution in [0.15, 0.2) is 24.3 Å². The number of hydrogen-bond acceptors (Lipinski definition) is 4. The number of rotatable bonds is 8. The molecule has 0 bridgehead atoms. The number of ether oxygens (including phenoxy) is 2. The number of aliphatic hydroxyl groups is 1. The van der Waals surface area contributed by atoms with E-state index >= 15 is 0 Å². The summed E-state index contributed by atoms with van der Waals surface area (Å²) in [5.41, 5.74) is 0.942. The summed E-state index contributed by atoms with van der Waals surface area (Å²) in [6.45, 7) is 0.380. The topological polar surface area (TPSA) is 50.7 Å². The average molecular weight is 341 g/mol. The lowest BCUT2D eigenvalue weighted by atomic mass is 9.51. The summed E-state index contributed by atoms with van der Waals surface area (Å²) < 4.78 is 34.4. The summed E-state index contributed by atoms with van der Waals surface area (Å²) in [5.74, 6) is 0.0980. The Morgan fingerprint density at radius 3 is 2.54 bits per heavy atom. The van der Waals surface area contributed by atoms with Gasteiger partial charge in [0, 0.05) is 24.6 Å². The first-order chi connectivity index (χ1) is 11.5. The third-order valence-electron chi connectivity index (χ3n) is 5.48. The third-order valence-corrected chi connectivity index (χ3v) is 5.48. The van der Waals surface area contributed by atoms with Crippen LogP contribution in [-0.2, 0) is 4.74 Å². The van der Waals surface area contributed by atoms with Crippen molar-refractivity contribution >= 4 is 0 Å². The van der Waals surface area contributed by atoms with Crippen molar-refractivity contribution in [1.29, 1.82) is 0 Å². The zero-order valence-corrected chi connectivity index (χ0v) is 13.9. The minimum atomic E-state index is -2.84. The molecule has 2 fully saturated rings. The molecule has 1 aromatic carbocycles. The van der Waals surface area contributed by atoms with Gasteiger partial charge in [-0.05, 0) is 43.9 Å². The van der Waals surface area contributed by atoms with E-state index in [1.807, 2.05) is 6.92 Å². The van der Waals surface area contributed by atoms with Gasteiger partial charge in [-0.3, -0.25) is 0 Å². The average Bonchev–Trinajstić information content (AvgIpc) is 2.48. The van der Waals surface area contributed by atoms with Gasteiger partial charge in [0.25, 0.3) is 0 Å². The van der Waals surface area contributed by atoms with Gasteiger partial charge in [0.1, 0.15) is 5.75 Å². The highest BCUT2D eigenvalue weighted by Gasteiger charge is 2.58. The zero-order chi connectivity index (χ0) is 17.2. The molecule has 1 aromatic rings. The highest BCUT2D eigenvalue weighted by Crippen LogP contribution is 2.57. The van der Waals surface area contributed by atoms with E-state index in [2.05, 4.69) is 10.1 Å². The van der Waals surface area contributed by atoms with Gasteiger partial charge in [0.2, 0.25) is 0 Å².